The molecule has 3 amide bonds. The number of aliphatic hydroxyl groups is 2. The van der Waals surface area contributed by atoms with Gasteiger partial charge in [-0.05, 0) is 19.8 Å². The van der Waals surface area contributed by atoms with Crippen LogP contribution in [-0.4, -0.2) is 75.9 Å². The van der Waals surface area contributed by atoms with Gasteiger partial charge in [-0.15, -0.1) is 0 Å². The van der Waals surface area contributed by atoms with E-state index in [4.69, 9.17) is 10.8 Å². The lowest BCUT2D eigenvalue weighted by molar-refractivity contribution is -0.142. The zero-order chi connectivity index (χ0) is 20.6. The van der Waals surface area contributed by atoms with Crippen molar-refractivity contribution in [1.29, 1.82) is 0 Å². The molecule has 5 unspecified atom stereocenters. The lowest BCUT2D eigenvalue weighted by Gasteiger charge is -2.25. The summed E-state index contributed by atoms with van der Waals surface area (Å²) in [5.41, 5.74) is 5.66. The van der Waals surface area contributed by atoms with Crippen LogP contribution in [0.2, 0.25) is 0 Å². The summed E-state index contributed by atoms with van der Waals surface area (Å²) in [4.78, 5) is 47.0. The highest BCUT2D eigenvalue weighted by molar-refractivity contribution is 5.94. The van der Waals surface area contributed by atoms with Crippen LogP contribution < -0.4 is 21.7 Å². The minimum atomic E-state index is -1.48. The molecule has 26 heavy (non-hydrogen) atoms. The van der Waals surface area contributed by atoms with Gasteiger partial charge in [0.15, 0.2) is 0 Å². The average molecular weight is 376 g/mol. The highest BCUT2D eigenvalue weighted by Crippen LogP contribution is 2.00. The van der Waals surface area contributed by atoms with Crippen LogP contribution in [0.3, 0.4) is 0 Å². The van der Waals surface area contributed by atoms with Crippen LogP contribution in [0.5, 0.6) is 0 Å². The first-order valence-electron chi connectivity index (χ1n) is 8.10. The van der Waals surface area contributed by atoms with E-state index in [-0.39, 0.29) is 5.92 Å². The Morgan fingerprint density at radius 2 is 1.46 bits per heavy atom. The predicted molar refractivity (Wildman–Crippen MR) is 90.7 cm³/mol. The van der Waals surface area contributed by atoms with Crippen LogP contribution >= 0.6 is 0 Å². The van der Waals surface area contributed by atoms with Crippen molar-refractivity contribution >= 4 is 23.7 Å². The number of carbonyl (C=O) groups excluding carboxylic acids is 3. The Labute approximate surface area is 151 Å². The monoisotopic (exact) mass is 376 g/mol. The maximum Gasteiger partial charge on any atom is 0.325 e. The lowest BCUT2D eigenvalue weighted by atomic mass is 10.0. The number of nitrogens with one attached hydrogen (secondary N) is 3. The Bertz CT molecular complexity index is 524. The first kappa shape index (κ1) is 23.8. The van der Waals surface area contributed by atoms with Crippen LogP contribution in [0, 0.1) is 5.92 Å². The molecule has 0 heterocycles. The normalized spacial score (nSPS) is 16.8. The number of amides is 3. The molecule has 0 radical (unpaired) electrons. The summed E-state index contributed by atoms with van der Waals surface area (Å²) in [6.45, 7) is 5.08. The van der Waals surface area contributed by atoms with E-state index in [1.807, 2.05) is 0 Å². The smallest absolute Gasteiger partial charge is 0.325 e. The molecule has 0 fully saturated rings. The average Bonchev–Trinajstić information content (AvgIpc) is 2.55. The fraction of sp³-hybridized carbons (Fsp3) is 0.733. The molecule has 150 valence electrons. The second-order valence-corrected chi connectivity index (χ2v) is 6.31. The summed E-state index contributed by atoms with van der Waals surface area (Å²) in [6, 6.07) is -5.01. The zero-order valence-corrected chi connectivity index (χ0v) is 15.2. The molecule has 0 aliphatic rings. The highest BCUT2D eigenvalue weighted by atomic mass is 16.4. The Morgan fingerprint density at radius 3 is 1.85 bits per heavy atom. The number of carboxylic acids is 1. The summed E-state index contributed by atoms with van der Waals surface area (Å²) in [5, 5.41) is 34.3. The van der Waals surface area contributed by atoms with Crippen molar-refractivity contribution in [3.8, 4) is 0 Å². The van der Waals surface area contributed by atoms with Crippen molar-refractivity contribution in [3.05, 3.63) is 0 Å². The minimum absolute atomic E-state index is 0.203. The Balaban J connectivity index is 5.03. The Morgan fingerprint density at radius 1 is 0.923 bits per heavy atom. The molecule has 0 saturated carbocycles. The molecule has 11 nitrogen and oxygen atoms in total. The van der Waals surface area contributed by atoms with E-state index in [1.165, 1.54) is 13.8 Å². The van der Waals surface area contributed by atoms with E-state index in [2.05, 4.69) is 16.0 Å². The minimum Gasteiger partial charge on any atom is -0.480 e. The molecule has 0 rings (SSSR count). The third kappa shape index (κ3) is 7.33. The number of aliphatic carboxylic acids is 1. The largest absolute Gasteiger partial charge is 0.480 e. The summed E-state index contributed by atoms with van der Waals surface area (Å²) in [6.07, 6.45) is -1.35. The number of carboxylic acid groups (broad SMARTS) is 1. The van der Waals surface area contributed by atoms with Crippen LogP contribution in [-0.2, 0) is 19.2 Å². The SMILES string of the molecule is CC(NC(=O)C(NC(=O)C(CO)NC(=O)C(N)C(C)C)C(C)O)C(=O)O. The fourth-order valence-electron chi connectivity index (χ4n) is 1.79. The van der Waals surface area contributed by atoms with E-state index in [1.54, 1.807) is 13.8 Å². The van der Waals surface area contributed by atoms with Gasteiger partial charge < -0.3 is 37.0 Å². The molecule has 8 N–H and O–H groups in total. The molecule has 0 aromatic carbocycles. The van der Waals surface area contributed by atoms with Crippen molar-refractivity contribution in [2.24, 2.45) is 11.7 Å². The maximum absolute atomic E-state index is 12.2. The van der Waals surface area contributed by atoms with E-state index in [0.717, 1.165) is 0 Å². The van der Waals surface area contributed by atoms with Gasteiger partial charge in [-0.1, -0.05) is 13.8 Å². The quantitative estimate of drug-likeness (QED) is 0.208. The highest BCUT2D eigenvalue weighted by Gasteiger charge is 2.31. The van der Waals surface area contributed by atoms with E-state index in [9.17, 15) is 29.4 Å². The predicted octanol–water partition coefficient (Wildman–Crippen LogP) is -3.10. The van der Waals surface area contributed by atoms with Gasteiger partial charge in [0.25, 0.3) is 0 Å². The summed E-state index contributed by atoms with van der Waals surface area (Å²) in [5.74, 6) is -4.01. The summed E-state index contributed by atoms with van der Waals surface area (Å²) in [7, 11) is 0. The van der Waals surface area contributed by atoms with Gasteiger partial charge in [0, 0.05) is 0 Å². The molecule has 0 aromatic rings. The molecule has 0 aliphatic heterocycles. The molecule has 0 bridgehead atoms. The number of carbonyl (C=O) groups is 4. The number of hydrogen-bond donors (Lipinski definition) is 7. The van der Waals surface area contributed by atoms with Crippen LogP contribution in [0.4, 0.5) is 0 Å². The van der Waals surface area contributed by atoms with E-state index in [0.29, 0.717) is 0 Å². The summed E-state index contributed by atoms with van der Waals surface area (Å²) >= 11 is 0. The molecule has 0 saturated heterocycles. The molecule has 0 spiro atoms. The van der Waals surface area contributed by atoms with Crippen LogP contribution in [0.1, 0.15) is 27.7 Å². The number of rotatable bonds is 10. The third-order valence-corrected chi connectivity index (χ3v) is 3.63. The molecule has 11 heteroatoms. The van der Waals surface area contributed by atoms with Crippen molar-refractivity contribution in [2.75, 3.05) is 6.61 Å². The first-order valence-corrected chi connectivity index (χ1v) is 8.10. The van der Waals surface area contributed by atoms with Gasteiger partial charge in [0.05, 0.1) is 18.8 Å². The van der Waals surface area contributed by atoms with Gasteiger partial charge in [-0.25, -0.2) is 0 Å². The molecule has 5 atom stereocenters. The first-order chi connectivity index (χ1) is 11.9. The van der Waals surface area contributed by atoms with Crippen molar-refractivity contribution < 1.29 is 34.5 Å². The van der Waals surface area contributed by atoms with E-state index < -0.39 is 60.6 Å². The number of aliphatic hydroxyl groups excluding tert-OH is 2. The lowest BCUT2D eigenvalue weighted by Crippen LogP contribution is -2.60. The third-order valence-electron chi connectivity index (χ3n) is 3.63. The number of nitrogens with two attached hydrogens (primary N) is 1. The fourth-order valence-corrected chi connectivity index (χ4v) is 1.79. The van der Waals surface area contributed by atoms with E-state index >= 15 is 0 Å². The molecule has 0 aromatic heterocycles. The zero-order valence-electron chi connectivity index (χ0n) is 15.2. The van der Waals surface area contributed by atoms with Gasteiger partial charge in [-0.2, -0.15) is 0 Å². The van der Waals surface area contributed by atoms with Crippen LogP contribution in [0.15, 0.2) is 0 Å². The van der Waals surface area contributed by atoms with Crippen LogP contribution in [0.25, 0.3) is 0 Å². The summed E-state index contributed by atoms with van der Waals surface area (Å²) < 4.78 is 0. The second kappa shape index (κ2) is 10.7. The van der Waals surface area contributed by atoms with Gasteiger partial charge in [0.2, 0.25) is 17.7 Å². The van der Waals surface area contributed by atoms with Crippen molar-refractivity contribution in [3.63, 3.8) is 0 Å². The molecule has 0 aliphatic carbocycles. The Hall–Kier alpha value is -2.24. The van der Waals surface area contributed by atoms with Crippen molar-refractivity contribution in [2.45, 2.75) is 58.0 Å². The Kier molecular flexibility index (Phi) is 9.76. The van der Waals surface area contributed by atoms with Gasteiger partial charge in [-0.3, -0.25) is 19.2 Å². The van der Waals surface area contributed by atoms with Gasteiger partial charge >= 0.3 is 5.97 Å². The standard InChI is InChI=1S/C15H28N4O7/c1-6(2)10(16)13(23)18-9(5-20)12(22)19-11(8(4)21)14(24)17-7(3)15(25)26/h6-11,20-21H,5,16H2,1-4H3,(H,17,24)(H,18,23)(H,19,22)(H,25,26). The van der Waals surface area contributed by atoms with Gasteiger partial charge in [0.1, 0.15) is 18.1 Å². The maximum atomic E-state index is 12.2. The second-order valence-electron chi connectivity index (χ2n) is 6.31. The number of hydrogen-bond acceptors (Lipinski definition) is 7. The molecular formula is C15H28N4O7. The topological polar surface area (TPSA) is 191 Å². The molecular weight excluding hydrogens is 348 g/mol. The van der Waals surface area contributed by atoms with Crippen molar-refractivity contribution in [1.82, 2.24) is 16.0 Å².